The Morgan fingerprint density at radius 1 is 1.80 bits per heavy atom. The average Bonchev–Trinajstić information content (AvgIpc) is 2.58. The second-order valence-corrected chi connectivity index (χ2v) is 4.06. The number of rotatable bonds is 4. The molecule has 0 spiro atoms. The predicted octanol–water partition coefficient (Wildman–Crippen LogP) is 1.66. The van der Waals surface area contributed by atoms with Gasteiger partial charge in [0, 0.05) is 17.6 Å². The molecule has 0 aliphatic rings. The van der Waals surface area contributed by atoms with Crippen LogP contribution in [-0.2, 0) is 6.54 Å². The standard InChI is InChI=1S/C9H14N4S.HI/c1-3-4-11-9(10)13-6-8-12-5-7(2)14-8;/h3,5H,1,4,6H2,2H3,(H3,10,11,13);1H. The summed E-state index contributed by atoms with van der Waals surface area (Å²) in [6, 6.07) is 0. The molecule has 0 aromatic carbocycles. The molecule has 0 saturated heterocycles. The Morgan fingerprint density at radius 3 is 3.07 bits per heavy atom. The number of aliphatic imine (C=N–C) groups is 1. The molecule has 0 atom stereocenters. The van der Waals surface area contributed by atoms with Crippen molar-refractivity contribution in [2.24, 2.45) is 10.7 Å². The summed E-state index contributed by atoms with van der Waals surface area (Å²) >= 11 is 1.63. The zero-order valence-electron chi connectivity index (χ0n) is 8.56. The predicted molar refractivity (Wildman–Crippen MR) is 75.8 cm³/mol. The molecule has 0 aliphatic carbocycles. The van der Waals surface area contributed by atoms with Crippen molar-refractivity contribution in [3.8, 4) is 0 Å². The third kappa shape index (κ3) is 5.73. The lowest BCUT2D eigenvalue weighted by Crippen LogP contribution is -2.31. The molecule has 0 aliphatic heterocycles. The van der Waals surface area contributed by atoms with Gasteiger partial charge in [-0.05, 0) is 6.92 Å². The van der Waals surface area contributed by atoms with Gasteiger partial charge in [0.05, 0.1) is 6.54 Å². The van der Waals surface area contributed by atoms with Crippen molar-refractivity contribution in [1.29, 1.82) is 0 Å². The number of halogens is 1. The first-order valence-corrected chi connectivity index (χ1v) is 5.10. The SMILES string of the molecule is C=CCNC(N)=NCc1ncc(C)s1.I. The van der Waals surface area contributed by atoms with E-state index in [1.807, 2.05) is 13.1 Å². The molecule has 0 amide bonds. The van der Waals surface area contributed by atoms with Gasteiger partial charge in [0.15, 0.2) is 5.96 Å². The van der Waals surface area contributed by atoms with E-state index in [1.165, 1.54) is 4.88 Å². The maximum Gasteiger partial charge on any atom is 0.189 e. The molecule has 3 N–H and O–H groups in total. The Hall–Kier alpha value is -0.630. The molecule has 0 bridgehead atoms. The van der Waals surface area contributed by atoms with E-state index in [2.05, 4.69) is 21.9 Å². The zero-order chi connectivity index (χ0) is 10.4. The number of nitrogens with zero attached hydrogens (tertiary/aromatic N) is 2. The minimum Gasteiger partial charge on any atom is -0.370 e. The Kier molecular flexibility index (Phi) is 7.31. The Balaban J connectivity index is 0.00000196. The first kappa shape index (κ1) is 14.4. The Labute approximate surface area is 111 Å². The van der Waals surface area contributed by atoms with Crippen LogP contribution in [0.2, 0.25) is 0 Å². The third-order valence-electron chi connectivity index (χ3n) is 1.48. The summed E-state index contributed by atoms with van der Waals surface area (Å²) < 4.78 is 0. The maximum atomic E-state index is 5.58. The van der Waals surface area contributed by atoms with Crippen molar-refractivity contribution in [3.05, 3.63) is 28.7 Å². The molecular formula is C9H15IN4S. The smallest absolute Gasteiger partial charge is 0.189 e. The fourth-order valence-corrected chi connectivity index (χ4v) is 1.57. The van der Waals surface area contributed by atoms with Gasteiger partial charge in [-0.25, -0.2) is 9.98 Å². The van der Waals surface area contributed by atoms with Gasteiger partial charge in [0.25, 0.3) is 0 Å². The fourth-order valence-electron chi connectivity index (χ4n) is 0.860. The lowest BCUT2D eigenvalue weighted by Gasteiger charge is -2.00. The molecule has 1 rings (SSSR count). The molecule has 1 heterocycles. The fraction of sp³-hybridized carbons (Fsp3) is 0.333. The largest absolute Gasteiger partial charge is 0.370 e. The molecular weight excluding hydrogens is 323 g/mol. The quantitative estimate of drug-likeness (QED) is 0.380. The van der Waals surface area contributed by atoms with Crippen LogP contribution < -0.4 is 11.1 Å². The van der Waals surface area contributed by atoms with Crippen molar-refractivity contribution >= 4 is 41.3 Å². The first-order chi connectivity index (χ1) is 6.72. The lowest BCUT2D eigenvalue weighted by molar-refractivity contribution is 0.961. The highest BCUT2D eigenvalue weighted by molar-refractivity contribution is 14.0. The minimum absolute atomic E-state index is 0. The van der Waals surface area contributed by atoms with Crippen molar-refractivity contribution in [2.75, 3.05) is 6.54 Å². The lowest BCUT2D eigenvalue weighted by atomic mass is 10.6. The summed E-state index contributed by atoms with van der Waals surface area (Å²) in [4.78, 5) is 9.49. The highest BCUT2D eigenvalue weighted by atomic mass is 127. The molecule has 0 saturated carbocycles. The summed E-state index contributed by atoms with van der Waals surface area (Å²) in [5.41, 5.74) is 5.58. The second-order valence-electron chi connectivity index (χ2n) is 2.74. The number of guanidine groups is 1. The molecule has 1 aromatic heterocycles. The van der Waals surface area contributed by atoms with Crippen molar-refractivity contribution in [1.82, 2.24) is 10.3 Å². The molecule has 6 heteroatoms. The summed E-state index contributed by atoms with van der Waals surface area (Å²) in [5, 5.41) is 3.87. The van der Waals surface area contributed by atoms with E-state index in [1.54, 1.807) is 17.4 Å². The summed E-state index contributed by atoms with van der Waals surface area (Å²) in [6.45, 7) is 6.76. The number of aromatic nitrogens is 1. The molecule has 4 nitrogen and oxygen atoms in total. The van der Waals surface area contributed by atoms with Gasteiger partial charge in [0.2, 0.25) is 0 Å². The summed E-state index contributed by atoms with van der Waals surface area (Å²) in [5.74, 6) is 0.428. The van der Waals surface area contributed by atoms with Crippen LogP contribution in [0.3, 0.4) is 0 Å². The van der Waals surface area contributed by atoms with Crippen molar-refractivity contribution < 1.29 is 0 Å². The van der Waals surface area contributed by atoms with Gasteiger partial charge >= 0.3 is 0 Å². The monoisotopic (exact) mass is 338 g/mol. The van der Waals surface area contributed by atoms with E-state index in [4.69, 9.17) is 5.73 Å². The van der Waals surface area contributed by atoms with Crippen LogP contribution in [0, 0.1) is 6.92 Å². The minimum atomic E-state index is 0. The summed E-state index contributed by atoms with van der Waals surface area (Å²) in [7, 11) is 0. The van der Waals surface area contributed by atoms with E-state index in [9.17, 15) is 0 Å². The number of aryl methyl sites for hydroxylation is 1. The van der Waals surface area contributed by atoms with Crippen LogP contribution in [-0.4, -0.2) is 17.5 Å². The van der Waals surface area contributed by atoms with E-state index >= 15 is 0 Å². The van der Waals surface area contributed by atoms with Crippen molar-refractivity contribution in [3.63, 3.8) is 0 Å². The Morgan fingerprint density at radius 2 is 2.53 bits per heavy atom. The number of hydrogen-bond acceptors (Lipinski definition) is 3. The van der Waals surface area contributed by atoms with Gasteiger partial charge in [-0.3, -0.25) is 0 Å². The third-order valence-corrected chi connectivity index (χ3v) is 2.38. The number of nitrogens with two attached hydrogens (primary N) is 1. The highest BCUT2D eigenvalue weighted by Crippen LogP contribution is 2.11. The number of thiazole rings is 1. The second kappa shape index (κ2) is 7.63. The van der Waals surface area contributed by atoms with Crippen LogP contribution in [0.25, 0.3) is 0 Å². The van der Waals surface area contributed by atoms with Crippen LogP contribution in [0.5, 0.6) is 0 Å². The molecule has 1 aromatic rings. The Bertz CT molecular complexity index is 335. The van der Waals surface area contributed by atoms with Crippen LogP contribution in [0.1, 0.15) is 9.88 Å². The van der Waals surface area contributed by atoms with E-state index in [0.29, 0.717) is 19.0 Å². The van der Waals surface area contributed by atoms with E-state index in [0.717, 1.165) is 5.01 Å². The van der Waals surface area contributed by atoms with Gasteiger partial charge in [-0.2, -0.15) is 0 Å². The van der Waals surface area contributed by atoms with E-state index in [-0.39, 0.29) is 24.0 Å². The first-order valence-electron chi connectivity index (χ1n) is 4.28. The average molecular weight is 338 g/mol. The van der Waals surface area contributed by atoms with Gasteiger partial charge in [-0.15, -0.1) is 41.9 Å². The van der Waals surface area contributed by atoms with Crippen LogP contribution >= 0.6 is 35.3 Å². The topological polar surface area (TPSA) is 63.3 Å². The van der Waals surface area contributed by atoms with Gasteiger partial charge in [0.1, 0.15) is 5.01 Å². The van der Waals surface area contributed by atoms with Crippen LogP contribution in [0.4, 0.5) is 0 Å². The van der Waals surface area contributed by atoms with Gasteiger partial charge < -0.3 is 11.1 Å². The highest BCUT2D eigenvalue weighted by Gasteiger charge is 1.96. The van der Waals surface area contributed by atoms with Crippen LogP contribution in [0.15, 0.2) is 23.8 Å². The normalized spacial score (nSPS) is 10.6. The molecule has 84 valence electrons. The van der Waals surface area contributed by atoms with Crippen molar-refractivity contribution in [2.45, 2.75) is 13.5 Å². The number of nitrogens with one attached hydrogen (secondary N) is 1. The van der Waals surface area contributed by atoms with E-state index < -0.39 is 0 Å². The van der Waals surface area contributed by atoms with Gasteiger partial charge in [-0.1, -0.05) is 6.08 Å². The molecule has 15 heavy (non-hydrogen) atoms. The zero-order valence-corrected chi connectivity index (χ0v) is 11.7. The molecule has 0 radical (unpaired) electrons. The number of hydrogen-bond donors (Lipinski definition) is 2. The maximum absolute atomic E-state index is 5.58. The molecule has 0 fully saturated rings. The molecule has 0 unspecified atom stereocenters. The summed E-state index contributed by atoms with van der Waals surface area (Å²) in [6.07, 6.45) is 3.57.